The van der Waals surface area contributed by atoms with Gasteiger partial charge in [-0.3, -0.25) is 4.90 Å². The topological polar surface area (TPSA) is 32.7 Å². The van der Waals surface area contributed by atoms with Gasteiger partial charge in [0.15, 0.2) is 0 Å². The molecular weight excluding hydrogens is 238 g/mol. The molecule has 0 amide bonds. The number of benzene rings is 1. The van der Waals surface area contributed by atoms with Gasteiger partial charge in [-0.15, -0.1) is 0 Å². The molecular formula is C16H25NO2. The number of ether oxygens (including phenoxy) is 1. The first-order valence-electron chi connectivity index (χ1n) is 7.06. The maximum absolute atomic E-state index is 10.0. The van der Waals surface area contributed by atoms with Crippen LogP contribution in [0, 0.1) is 0 Å². The van der Waals surface area contributed by atoms with E-state index in [1.54, 1.807) is 0 Å². The van der Waals surface area contributed by atoms with Crippen LogP contribution in [0.15, 0.2) is 30.3 Å². The second-order valence-corrected chi connectivity index (χ2v) is 6.23. The lowest BCUT2D eigenvalue weighted by molar-refractivity contribution is -0.0809. The average Bonchev–Trinajstić information content (AvgIpc) is 2.32. The summed E-state index contributed by atoms with van der Waals surface area (Å²) >= 11 is 0. The SMILES string of the molecule is CC1CN(Cc2ccccc2)C(CC(C)(C)O)CO1. The molecule has 1 N–H and O–H groups in total. The van der Waals surface area contributed by atoms with E-state index in [9.17, 15) is 5.11 Å². The van der Waals surface area contributed by atoms with Crippen LogP contribution in [-0.2, 0) is 11.3 Å². The minimum Gasteiger partial charge on any atom is -0.390 e. The van der Waals surface area contributed by atoms with Crippen molar-refractivity contribution in [2.45, 2.75) is 51.5 Å². The number of aliphatic hydroxyl groups is 1. The van der Waals surface area contributed by atoms with Crippen molar-refractivity contribution in [2.24, 2.45) is 0 Å². The molecule has 1 aliphatic heterocycles. The predicted molar refractivity (Wildman–Crippen MR) is 77.0 cm³/mol. The van der Waals surface area contributed by atoms with Gasteiger partial charge in [0.1, 0.15) is 0 Å². The van der Waals surface area contributed by atoms with Crippen molar-refractivity contribution in [1.82, 2.24) is 4.90 Å². The van der Waals surface area contributed by atoms with E-state index in [-0.39, 0.29) is 12.1 Å². The summed E-state index contributed by atoms with van der Waals surface area (Å²) in [5.74, 6) is 0. The Labute approximate surface area is 116 Å². The summed E-state index contributed by atoms with van der Waals surface area (Å²) in [6.45, 7) is 8.40. The Morgan fingerprint density at radius 2 is 2.00 bits per heavy atom. The number of hydrogen-bond acceptors (Lipinski definition) is 3. The van der Waals surface area contributed by atoms with Crippen LogP contribution in [-0.4, -0.2) is 40.9 Å². The molecule has 2 atom stereocenters. The van der Waals surface area contributed by atoms with Crippen LogP contribution in [0.2, 0.25) is 0 Å². The number of hydrogen-bond donors (Lipinski definition) is 1. The average molecular weight is 263 g/mol. The van der Waals surface area contributed by atoms with Crippen LogP contribution in [0.3, 0.4) is 0 Å². The van der Waals surface area contributed by atoms with Crippen molar-refractivity contribution >= 4 is 0 Å². The minimum absolute atomic E-state index is 0.266. The summed E-state index contributed by atoms with van der Waals surface area (Å²) in [6, 6.07) is 10.8. The molecule has 1 aromatic rings. The number of rotatable bonds is 4. The summed E-state index contributed by atoms with van der Waals surface area (Å²) in [4.78, 5) is 2.43. The molecule has 3 heteroatoms. The van der Waals surface area contributed by atoms with Crippen LogP contribution in [0.5, 0.6) is 0 Å². The zero-order valence-electron chi connectivity index (χ0n) is 12.2. The molecule has 19 heavy (non-hydrogen) atoms. The van der Waals surface area contributed by atoms with Gasteiger partial charge in [-0.25, -0.2) is 0 Å². The molecule has 0 bridgehead atoms. The van der Waals surface area contributed by atoms with Crippen molar-refractivity contribution in [3.05, 3.63) is 35.9 Å². The second kappa shape index (κ2) is 6.04. The Morgan fingerprint density at radius 1 is 1.32 bits per heavy atom. The fraction of sp³-hybridized carbons (Fsp3) is 0.625. The van der Waals surface area contributed by atoms with Gasteiger partial charge in [0.2, 0.25) is 0 Å². The molecule has 0 aliphatic carbocycles. The summed E-state index contributed by atoms with van der Waals surface area (Å²) < 4.78 is 5.75. The Kier molecular flexibility index (Phi) is 4.61. The Bertz CT molecular complexity index is 385. The summed E-state index contributed by atoms with van der Waals surface area (Å²) in [6.07, 6.45) is 1.01. The molecule has 0 radical (unpaired) electrons. The third-order valence-electron chi connectivity index (χ3n) is 3.54. The highest BCUT2D eigenvalue weighted by molar-refractivity contribution is 5.14. The van der Waals surface area contributed by atoms with E-state index in [0.717, 1.165) is 19.5 Å². The molecule has 1 aromatic carbocycles. The van der Waals surface area contributed by atoms with E-state index in [1.165, 1.54) is 5.56 Å². The van der Waals surface area contributed by atoms with Crippen LogP contribution in [0.1, 0.15) is 32.8 Å². The highest BCUT2D eigenvalue weighted by Gasteiger charge is 2.30. The molecule has 2 unspecified atom stereocenters. The van der Waals surface area contributed by atoms with Crippen molar-refractivity contribution in [3.8, 4) is 0 Å². The van der Waals surface area contributed by atoms with Crippen LogP contribution in [0.4, 0.5) is 0 Å². The Balaban J connectivity index is 2.04. The summed E-state index contributed by atoms with van der Waals surface area (Å²) in [7, 11) is 0. The van der Waals surface area contributed by atoms with E-state index in [4.69, 9.17) is 4.74 Å². The normalized spacial score (nSPS) is 25.5. The number of morpholine rings is 1. The predicted octanol–water partition coefficient (Wildman–Crippen LogP) is 2.44. The highest BCUT2D eigenvalue weighted by atomic mass is 16.5. The van der Waals surface area contributed by atoms with Gasteiger partial charge in [-0.2, -0.15) is 0 Å². The maximum atomic E-state index is 10.0. The molecule has 1 saturated heterocycles. The second-order valence-electron chi connectivity index (χ2n) is 6.23. The molecule has 1 aliphatic rings. The minimum atomic E-state index is -0.649. The van der Waals surface area contributed by atoms with Gasteiger partial charge in [-0.1, -0.05) is 30.3 Å². The molecule has 0 saturated carbocycles. The van der Waals surface area contributed by atoms with Crippen molar-refractivity contribution in [3.63, 3.8) is 0 Å². The highest BCUT2D eigenvalue weighted by Crippen LogP contribution is 2.22. The molecule has 1 fully saturated rings. The first-order chi connectivity index (χ1) is 8.94. The summed E-state index contributed by atoms with van der Waals surface area (Å²) in [5.41, 5.74) is 0.668. The van der Waals surface area contributed by atoms with E-state index < -0.39 is 5.60 Å². The fourth-order valence-electron chi connectivity index (χ4n) is 2.69. The zero-order valence-corrected chi connectivity index (χ0v) is 12.2. The molecule has 1 heterocycles. The Morgan fingerprint density at radius 3 is 2.63 bits per heavy atom. The van der Waals surface area contributed by atoms with Gasteiger partial charge in [-0.05, 0) is 32.8 Å². The molecule has 0 spiro atoms. The maximum Gasteiger partial charge on any atom is 0.0674 e. The zero-order chi connectivity index (χ0) is 13.9. The van der Waals surface area contributed by atoms with Crippen molar-refractivity contribution < 1.29 is 9.84 Å². The van der Waals surface area contributed by atoms with Crippen molar-refractivity contribution in [2.75, 3.05) is 13.2 Å². The van der Waals surface area contributed by atoms with Gasteiger partial charge in [0.25, 0.3) is 0 Å². The first-order valence-corrected chi connectivity index (χ1v) is 7.06. The lowest BCUT2D eigenvalue weighted by Gasteiger charge is -2.41. The van der Waals surface area contributed by atoms with E-state index in [1.807, 2.05) is 19.9 Å². The smallest absolute Gasteiger partial charge is 0.0674 e. The standard InChI is InChI=1S/C16H25NO2/c1-13-10-17(11-14-7-5-4-6-8-14)15(12-19-13)9-16(2,3)18/h4-8,13,15,18H,9-12H2,1-3H3. The van der Waals surface area contributed by atoms with Gasteiger partial charge in [0, 0.05) is 19.1 Å². The molecule has 2 rings (SSSR count). The largest absolute Gasteiger partial charge is 0.390 e. The van der Waals surface area contributed by atoms with Gasteiger partial charge in [0.05, 0.1) is 18.3 Å². The first kappa shape index (κ1) is 14.5. The van der Waals surface area contributed by atoms with E-state index in [2.05, 4.69) is 36.1 Å². The van der Waals surface area contributed by atoms with Crippen LogP contribution < -0.4 is 0 Å². The monoisotopic (exact) mass is 263 g/mol. The van der Waals surface area contributed by atoms with E-state index in [0.29, 0.717) is 6.61 Å². The third-order valence-corrected chi connectivity index (χ3v) is 3.54. The quantitative estimate of drug-likeness (QED) is 0.905. The Hall–Kier alpha value is -0.900. The molecule has 3 nitrogen and oxygen atoms in total. The number of nitrogens with zero attached hydrogens (tertiary/aromatic N) is 1. The van der Waals surface area contributed by atoms with E-state index >= 15 is 0 Å². The summed E-state index contributed by atoms with van der Waals surface area (Å²) in [5, 5.41) is 10.0. The van der Waals surface area contributed by atoms with Gasteiger partial charge >= 0.3 is 0 Å². The molecule has 0 aromatic heterocycles. The lowest BCUT2D eigenvalue weighted by Crippen LogP contribution is -2.50. The lowest BCUT2D eigenvalue weighted by atomic mass is 9.96. The molecule has 106 valence electrons. The fourth-order valence-corrected chi connectivity index (χ4v) is 2.69. The van der Waals surface area contributed by atoms with Crippen LogP contribution >= 0.6 is 0 Å². The van der Waals surface area contributed by atoms with Gasteiger partial charge < -0.3 is 9.84 Å². The third kappa shape index (κ3) is 4.60. The van der Waals surface area contributed by atoms with Crippen LogP contribution in [0.25, 0.3) is 0 Å². The van der Waals surface area contributed by atoms with Crippen molar-refractivity contribution in [1.29, 1.82) is 0 Å².